The lowest BCUT2D eigenvalue weighted by atomic mass is 9.93. The number of nitrogens with one attached hydrogen (secondary N) is 1. The second-order valence-corrected chi connectivity index (χ2v) is 5.99. The first-order valence-electron chi connectivity index (χ1n) is 8.08. The van der Waals surface area contributed by atoms with E-state index in [1.165, 1.54) is 6.07 Å². The molecule has 0 spiro atoms. The van der Waals surface area contributed by atoms with Crippen molar-refractivity contribution in [3.05, 3.63) is 65.5 Å². The monoisotopic (exact) mass is 329 g/mol. The quantitative estimate of drug-likeness (QED) is 0.879. The van der Waals surface area contributed by atoms with Crippen LogP contribution >= 0.6 is 0 Å². The number of rotatable bonds is 5. The van der Waals surface area contributed by atoms with Gasteiger partial charge in [0.15, 0.2) is 0 Å². The molecule has 2 N–H and O–H groups in total. The van der Waals surface area contributed by atoms with Gasteiger partial charge in [0.1, 0.15) is 24.2 Å². The first-order chi connectivity index (χ1) is 11.6. The van der Waals surface area contributed by atoms with Gasteiger partial charge in [-0.3, -0.25) is 10.1 Å². The molecule has 1 saturated heterocycles. The van der Waals surface area contributed by atoms with E-state index >= 15 is 0 Å². The SMILES string of the molecule is O=C(O)[C@@H]1CCC[C@H](c2ccc(OCc3ccccc3F)cc2)N1. The van der Waals surface area contributed by atoms with Crippen molar-refractivity contribution in [1.29, 1.82) is 0 Å². The first kappa shape index (κ1) is 16.5. The number of piperidine rings is 1. The van der Waals surface area contributed by atoms with Crippen LogP contribution in [0, 0.1) is 5.82 Å². The Balaban J connectivity index is 1.61. The van der Waals surface area contributed by atoms with Gasteiger partial charge in [-0.05, 0) is 43.0 Å². The molecule has 4 nitrogen and oxygen atoms in total. The van der Waals surface area contributed by atoms with Gasteiger partial charge in [-0.2, -0.15) is 0 Å². The fourth-order valence-electron chi connectivity index (χ4n) is 2.97. The topological polar surface area (TPSA) is 58.6 Å². The van der Waals surface area contributed by atoms with E-state index in [1.807, 2.05) is 24.3 Å². The van der Waals surface area contributed by atoms with Gasteiger partial charge in [0.05, 0.1) is 0 Å². The van der Waals surface area contributed by atoms with Crippen molar-refractivity contribution in [1.82, 2.24) is 5.32 Å². The van der Waals surface area contributed by atoms with Crippen LogP contribution in [0.2, 0.25) is 0 Å². The maximum Gasteiger partial charge on any atom is 0.320 e. The highest BCUT2D eigenvalue weighted by atomic mass is 19.1. The minimum Gasteiger partial charge on any atom is -0.489 e. The molecule has 2 aromatic carbocycles. The Morgan fingerprint density at radius 1 is 1.17 bits per heavy atom. The fourth-order valence-corrected chi connectivity index (χ4v) is 2.97. The van der Waals surface area contributed by atoms with Crippen LogP contribution < -0.4 is 10.1 Å². The number of carboxylic acids is 1. The second-order valence-electron chi connectivity index (χ2n) is 5.99. The van der Waals surface area contributed by atoms with Gasteiger partial charge < -0.3 is 9.84 Å². The second kappa shape index (κ2) is 7.45. The molecule has 5 heteroatoms. The molecule has 0 radical (unpaired) electrons. The molecule has 0 aliphatic carbocycles. The molecule has 0 unspecified atom stereocenters. The average molecular weight is 329 g/mol. The number of ether oxygens (including phenoxy) is 1. The molecule has 1 aliphatic rings. The summed E-state index contributed by atoms with van der Waals surface area (Å²) in [7, 11) is 0. The largest absolute Gasteiger partial charge is 0.489 e. The Morgan fingerprint density at radius 3 is 2.62 bits per heavy atom. The smallest absolute Gasteiger partial charge is 0.320 e. The van der Waals surface area contributed by atoms with E-state index in [-0.39, 0.29) is 18.5 Å². The van der Waals surface area contributed by atoms with E-state index in [1.54, 1.807) is 18.2 Å². The molecular weight excluding hydrogens is 309 g/mol. The standard InChI is InChI=1S/C19H20FNO3/c20-16-5-2-1-4-14(16)12-24-15-10-8-13(9-11-15)17-6-3-7-18(21-17)19(22)23/h1-2,4-5,8-11,17-18,21H,3,6-7,12H2,(H,22,23)/t17-,18+/m1/s1. The Labute approximate surface area is 140 Å². The highest BCUT2D eigenvalue weighted by Crippen LogP contribution is 2.27. The van der Waals surface area contributed by atoms with Crippen LogP contribution in [-0.4, -0.2) is 17.1 Å². The van der Waals surface area contributed by atoms with Crippen molar-refractivity contribution in [2.24, 2.45) is 0 Å². The summed E-state index contributed by atoms with van der Waals surface area (Å²) in [6.07, 6.45) is 2.47. The predicted octanol–water partition coefficient (Wildman–Crippen LogP) is 3.67. The molecule has 0 amide bonds. The lowest BCUT2D eigenvalue weighted by molar-refractivity contribution is -0.140. The van der Waals surface area contributed by atoms with Crippen LogP contribution in [0.5, 0.6) is 5.75 Å². The molecule has 0 aromatic heterocycles. The van der Waals surface area contributed by atoms with E-state index in [0.717, 1.165) is 18.4 Å². The summed E-state index contributed by atoms with van der Waals surface area (Å²) in [6.45, 7) is 0.175. The summed E-state index contributed by atoms with van der Waals surface area (Å²) in [5.74, 6) is -0.419. The Bertz CT molecular complexity index is 702. The third-order valence-electron chi connectivity index (χ3n) is 4.32. The van der Waals surface area contributed by atoms with E-state index in [2.05, 4.69) is 5.32 Å². The number of halogens is 1. The predicted molar refractivity (Wildman–Crippen MR) is 88.3 cm³/mol. The normalized spacial score (nSPS) is 20.5. The van der Waals surface area contributed by atoms with E-state index in [0.29, 0.717) is 17.7 Å². The molecule has 1 aliphatic heterocycles. The summed E-state index contributed by atoms with van der Waals surface area (Å²) in [5, 5.41) is 12.3. The van der Waals surface area contributed by atoms with Crippen molar-refractivity contribution in [2.45, 2.75) is 38.0 Å². The Hall–Kier alpha value is -2.40. The van der Waals surface area contributed by atoms with E-state index in [4.69, 9.17) is 9.84 Å². The molecule has 3 rings (SSSR count). The molecule has 2 aromatic rings. The van der Waals surface area contributed by atoms with E-state index < -0.39 is 12.0 Å². The Morgan fingerprint density at radius 2 is 1.92 bits per heavy atom. The maximum atomic E-state index is 13.6. The summed E-state index contributed by atoms with van der Waals surface area (Å²) in [5.41, 5.74) is 1.55. The zero-order chi connectivity index (χ0) is 16.9. The van der Waals surface area contributed by atoms with Crippen molar-refractivity contribution in [3.63, 3.8) is 0 Å². The highest BCUT2D eigenvalue weighted by Gasteiger charge is 2.26. The van der Waals surface area contributed by atoms with Crippen LogP contribution in [0.15, 0.2) is 48.5 Å². The minimum absolute atomic E-state index is 0.0421. The maximum absolute atomic E-state index is 13.6. The molecule has 0 bridgehead atoms. The van der Waals surface area contributed by atoms with Crippen LogP contribution in [0.1, 0.15) is 36.4 Å². The summed E-state index contributed by atoms with van der Waals surface area (Å²) in [6, 6.07) is 13.6. The summed E-state index contributed by atoms with van der Waals surface area (Å²) < 4.78 is 19.2. The third-order valence-corrected chi connectivity index (χ3v) is 4.32. The van der Waals surface area contributed by atoms with Gasteiger partial charge >= 0.3 is 5.97 Å². The van der Waals surface area contributed by atoms with Crippen LogP contribution in [-0.2, 0) is 11.4 Å². The third kappa shape index (κ3) is 3.92. The Kier molecular flexibility index (Phi) is 5.11. The van der Waals surface area contributed by atoms with Crippen LogP contribution in [0.3, 0.4) is 0 Å². The molecule has 0 saturated carbocycles. The molecule has 1 fully saturated rings. The van der Waals surface area contributed by atoms with Crippen LogP contribution in [0.4, 0.5) is 4.39 Å². The zero-order valence-corrected chi connectivity index (χ0v) is 13.2. The first-order valence-corrected chi connectivity index (χ1v) is 8.08. The van der Waals surface area contributed by atoms with Gasteiger partial charge in [0.2, 0.25) is 0 Å². The molecule has 1 heterocycles. The number of carbonyl (C=O) groups is 1. The van der Waals surface area contributed by atoms with Crippen LogP contribution in [0.25, 0.3) is 0 Å². The molecule has 2 atom stereocenters. The lowest BCUT2D eigenvalue weighted by Gasteiger charge is -2.29. The lowest BCUT2D eigenvalue weighted by Crippen LogP contribution is -2.42. The van der Waals surface area contributed by atoms with Crippen molar-refractivity contribution in [3.8, 4) is 5.75 Å². The van der Waals surface area contributed by atoms with Gasteiger partial charge in [-0.15, -0.1) is 0 Å². The number of benzene rings is 2. The number of carboxylic acid groups (broad SMARTS) is 1. The number of hydrogen-bond acceptors (Lipinski definition) is 3. The highest BCUT2D eigenvalue weighted by molar-refractivity contribution is 5.73. The van der Waals surface area contributed by atoms with Crippen molar-refractivity contribution in [2.75, 3.05) is 0 Å². The van der Waals surface area contributed by atoms with Gasteiger partial charge in [0.25, 0.3) is 0 Å². The fraction of sp³-hybridized carbons (Fsp3) is 0.316. The van der Waals surface area contributed by atoms with Gasteiger partial charge in [-0.1, -0.05) is 30.3 Å². The summed E-state index contributed by atoms with van der Waals surface area (Å²) >= 11 is 0. The van der Waals surface area contributed by atoms with Crippen molar-refractivity contribution < 1.29 is 19.0 Å². The zero-order valence-electron chi connectivity index (χ0n) is 13.2. The van der Waals surface area contributed by atoms with E-state index in [9.17, 15) is 9.18 Å². The number of aliphatic carboxylic acids is 1. The van der Waals surface area contributed by atoms with Gasteiger partial charge in [0, 0.05) is 11.6 Å². The minimum atomic E-state index is -0.801. The number of hydrogen-bond donors (Lipinski definition) is 2. The molecular formula is C19H20FNO3. The average Bonchev–Trinajstić information content (AvgIpc) is 2.61. The molecule has 126 valence electrons. The van der Waals surface area contributed by atoms with Crippen molar-refractivity contribution >= 4 is 5.97 Å². The van der Waals surface area contributed by atoms with Gasteiger partial charge in [-0.25, -0.2) is 4.39 Å². The molecule has 24 heavy (non-hydrogen) atoms. The summed E-state index contributed by atoms with van der Waals surface area (Å²) in [4.78, 5) is 11.1.